The van der Waals surface area contributed by atoms with Gasteiger partial charge < -0.3 is 29.8 Å². The molecule has 0 saturated carbocycles. The monoisotopic (exact) mass is 528 g/mol. The van der Waals surface area contributed by atoms with Gasteiger partial charge in [0.05, 0.1) is 11.5 Å². The van der Waals surface area contributed by atoms with E-state index >= 15 is 0 Å². The summed E-state index contributed by atoms with van der Waals surface area (Å²) >= 11 is 0. The molecule has 3 N–H and O–H groups in total. The smallest absolute Gasteiger partial charge is 0.246 e. The fraction of sp³-hybridized carbons (Fsp3) is 0.414. The largest absolute Gasteiger partial charge is 0.454 e. The van der Waals surface area contributed by atoms with Gasteiger partial charge >= 0.3 is 0 Å². The molecule has 1 amide bonds. The van der Waals surface area contributed by atoms with Gasteiger partial charge in [-0.05, 0) is 38.3 Å². The van der Waals surface area contributed by atoms with Crippen LogP contribution in [0.15, 0.2) is 37.2 Å². The van der Waals surface area contributed by atoms with Crippen LogP contribution in [0.25, 0.3) is 22.2 Å². The molecule has 0 bridgehead atoms. The first kappa shape index (κ1) is 25.2. The van der Waals surface area contributed by atoms with Crippen LogP contribution in [0.4, 0.5) is 5.82 Å². The van der Waals surface area contributed by atoms with Gasteiger partial charge in [-0.15, -0.1) is 0 Å². The lowest BCUT2D eigenvalue weighted by Crippen LogP contribution is -2.61. The molecule has 6 rings (SSSR count). The lowest BCUT2D eigenvalue weighted by atomic mass is 9.91. The second-order valence-electron chi connectivity index (χ2n) is 10.5. The van der Waals surface area contributed by atoms with Gasteiger partial charge in [0, 0.05) is 55.3 Å². The van der Waals surface area contributed by atoms with Crippen molar-refractivity contribution in [1.82, 2.24) is 24.3 Å². The normalized spacial score (nSPS) is 21.1. The van der Waals surface area contributed by atoms with Crippen LogP contribution in [-0.4, -0.2) is 80.5 Å². The van der Waals surface area contributed by atoms with E-state index < -0.39 is 6.10 Å². The van der Waals surface area contributed by atoms with Gasteiger partial charge in [0.2, 0.25) is 12.7 Å². The van der Waals surface area contributed by atoms with Gasteiger partial charge in [-0.3, -0.25) is 9.69 Å². The minimum Gasteiger partial charge on any atom is -0.454 e. The summed E-state index contributed by atoms with van der Waals surface area (Å²) in [5.41, 5.74) is 9.65. The molecule has 2 saturated heterocycles. The summed E-state index contributed by atoms with van der Waals surface area (Å²) in [5.74, 6) is 8.70. The highest BCUT2D eigenvalue weighted by atomic mass is 16.7. The summed E-state index contributed by atoms with van der Waals surface area (Å²) in [6, 6.07) is 5.90. The van der Waals surface area contributed by atoms with Crippen LogP contribution in [0.5, 0.6) is 11.5 Å². The van der Waals surface area contributed by atoms with E-state index in [1.807, 2.05) is 18.2 Å². The molecule has 3 aromatic rings. The van der Waals surface area contributed by atoms with E-state index in [0.29, 0.717) is 30.4 Å². The molecular formula is C29H32N6O4. The molecule has 1 aromatic carbocycles. The Morgan fingerprint density at radius 1 is 1.26 bits per heavy atom. The maximum atomic E-state index is 11.9. The average molecular weight is 529 g/mol. The van der Waals surface area contributed by atoms with Crippen molar-refractivity contribution in [2.75, 3.05) is 38.7 Å². The summed E-state index contributed by atoms with van der Waals surface area (Å²) in [6.45, 7) is 10.4. The zero-order valence-electron chi connectivity index (χ0n) is 22.1. The van der Waals surface area contributed by atoms with E-state index in [2.05, 4.69) is 51.7 Å². The number of carbonyl (C=O) groups excluding carboxylic acids is 1. The number of hydrogen-bond donors (Lipinski definition) is 2. The molecule has 5 heterocycles. The van der Waals surface area contributed by atoms with Gasteiger partial charge in [0.25, 0.3) is 0 Å². The van der Waals surface area contributed by atoms with Crippen molar-refractivity contribution in [1.29, 1.82) is 0 Å². The van der Waals surface area contributed by atoms with Crippen LogP contribution in [0.2, 0.25) is 0 Å². The molecule has 0 spiro atoms. The Balaban J connectivity index is 1.32. The number of ether oxygens (including phenoxy) is 2. The summed E-state index contributed by atoms with van der Waals surface area (Å²) in [6.07, 6.45) is 2.92. The van der Waals surface area contributed by atoms with Crippen LogP contribution >= 0.6 is 0 Å². The lowest BCUT2D eigenvalue weighted by Gasteiger charge is -2.47. The lowest BCUT2D eigenvalue weighted by molar-refractivity contribution is -0.132. The zero-order chi connectivity index (χ0) is 27.3. The van der Waals surface area contributed by atoms with E-state index in [4.69, 9.17) is 15.2 Å². The molecule has 0 aliphatic carbocycles. The standard InChI is InChI=1S/C29H32N6O4/c1-4-24(37)33-11-10-20(22(36)14-33)34-12-18(13-34)8-9-21-25(19-6-5-7-23-27(19)39-16-38-23)26-28(30)31-15-32-29(26)35(21)17(2)3/h4-7,15,17-18,20,22,36H,1,10-14,16H2,2-3H3,(H2,30,31,32)/t20-,22+/m0/s1. The Labute approximate surface area is 227 Å². The number of amides is 1. The molecule has 3 aliphatic heterocycles. The van der Waals surface area contributed by atoms with Crippen molar-refractivity contribution in [2.24, 2.45) is 5.92 Å². The Morgan fingerprint density at radius 3 is 2.82 bits per heavy atom. The number of fused-ring (bicyclic) bond motifs is 2. The fourth-order valence-corrected chi connectivity index (χ4v) is 5.89. The molecule has 10 nitrogen and oxygen atoms in total. The average Bonchev–Trinajstić information content (AvgIpc) is 3.51. The Bertz CT molecular complexity index is 1510. The van der Waals surface area contributed by atoms with Crippen LogP contribution in [0, 0.1) is 17.8 Å². The molecule has 2 atom stereocenters. The Kier molecular flexibility index (Phi) is 6.41. The number of rotatable bonds is 4. The second kappa shape index (κ2) is 9.91. The number of benzene rings is 1. The third kappa shape index (κ3) is 4.28. The molecule has 2 aromatic heterocycles. The second-order valence-corrected chi connectivity index (χ2v) is 10.5. The van der Waals surface area contributed by atoms with Crippen LogP contribution in [-0.2, 0) is 4.79 Å². The summed E-state index contributed by atoms with van der Waals surface area (Å²) in [7, 11) is 0. The predicted octanol–water partition coefficient (Wildman–Crippen LogP) is 2.42. The maximum absolute atomic E-state index is 11.9. The quantitative estimate of drug-likeness (QED) is 0.392. The minimum atomic E-state index is -0.587. The van der Waals surface area contributed by atoms with Crippen molar-refractivity contribution < 1.29 is 19.4 Å². The van der Waals surface area contributed by atoms with E-state index in [9.17, 15) is 9.90 Å². The summed E-state index contributed by atoms with van der Waals surface area (Å²) in [5, 5.41) is 11.4. The molecule has 3 aliphatic rings. The number of aliphatic hydroxyl groups excluding tert-OH is 1. The van der Waals surface area contributed by atoms with Gasteiger partial charge in [-0.2, -0.15) is 0 Å². The van der Waals surface area contributed by atoms with Crippen LogP contribution in [0.1, 0.15) is 32.0 Å². The highest BCUT2D eigenvalue weighted by molar-refractivity contribution is 6.05. The number of nitrogens with zero attached hydrogens (tertiary/aromatic N) is 5. The maximum Gasteiger partial charge on any atom is 0.246 e. The van der Waals surface area contributed by atoms with Gasteiger partial charge in [-0.25, -0.2) is 9.97 Å². The zero-order valence-corrected chi connectivity index (χ0v) is 22.1. The minimum absolute atomic E-state index is 0.0220. The van der Waals surface area contributed by atoms with Crippen LogP contribution < -0.4 is 15.2 Å². The van der Waals surface area contributed by atoms with Crippen molar-refractivity contribution in [3.05, 3.63) is 42.9 Å². The fourth-order valence-electron chi connectivity index (χ4n) is 5.89. The number of likely N-dealkylation sites (tertiary alicyclic amines) is 2. The molecule has 2 fully saturated rings. The first-order valence-corrected chi connectivity index (χ1v) is 13.3. The molecule has 39 heavy (non-hydrogen) atoms. The van der Waals surface area contributed by atoms with E-state index in [1.165, 1.54) is 12.4 Å². The molecule has 202 valence electrons. The first-order valence-electron chi connectivity index (χ1n) is 13.3. The van der Waals surface area contributed by atoms with Gasteiger partial charge in [-0.1, -0.05) is 24.6 Å². The number of nitrogens with two attached hydrogens (primary N) is 1. The highest BCUT2D eigenvalue weighted by Gasteiger charge is 2.39. The van der Waals surface area contributed by atoms with E-state index in [0.717, 1.165) is 47.4 Å². The van der Waals surface area contributed by atoms with Crippen molar-refractivity contribution >= 4 is 22.8 Å². The topological polar surface area (TPSA) is 119 Å². The number of aliphatic hydroxyl groups is 1. The van der Waals surface area contributed by atoms with Crippen molar-refractivity contribution in [3.63, 3.8) is 0 Å². The number of carbonyl (C=O) groups is 1. The number of para-hydroxylation sites is 1. The number of nitrogen functional groups attached to an aromatic ring is 1. The first-order chi connectivity index (χ1) is 18.9. The molecule has 0 unspecified atom stereocenters. The number of hydrogen-bond acceptors (Lipinski definition) is 8. The molecule has 0 radical (unpaired) electrons. The number of β-amino-alcohol motifs (C(OH)–C–C–N with tert-alkyl or cyclic N) is 1. The number of anilines is 1. The molecule has 10 heteroatoms. The molecular weight excluding hydrogens is 496 g/mol. The Hall–Kier alpha value is -4.07. The van der Waals surface area contributed by atoms with Gasteiger partial charge in [0.15, 0.2) is 11.5 Å². The van der Waals surface area contributed by atoms with E-state index in [1.54, 1.807) is 4.90 Å². The Morgan fingerprint density at radius 2 is 2.08 bits per heavy atom. The third-order valence-electron chi connectivity index (χ3n) is 7.80. The third-order valence-corrected chi connectivity index (χ3v) is 7.80. The van der Waals surface area contributed by atoms with Gasteiger partial charge in [0.1, 0.15) is 23.5 Å². The predicted molar refractivity (Wildman–Crippen MR) is 147 cm³/mol. The van der Waals surface area contributed by atoms with Crippen molar-refractivity contribution in [2.45, 2.75) is 38.5 Å². The number of piperidine rings is 1. The SMILES string of the molecule is C=CC(=O)N1CC[C@H](N2CC(C#Cc3c(-c4cccc5c4OCO5)c4c(N)ncnc4n3C(C)C)C2)[C@H](O)C1. The highest BCUT2D eigenvalue weighted by Crippen LogP contribution is 2.46. The van der Waals surface area contributed by atoms with E-state index in [-0.39, 0.29) is 30.7 Å². The number of aromatic nitrogens is 3. The summed E-state index contributed by atoms with van der Waals surface area (Å²) in [4.78, 5) is 24.7. The van der Waals surface area contributed by atoms with Crippen molar-refractivity contribution in [3.8, 4) is 34.5 Å². The summed E-state index contributed by atoms with van der Waals surface area (Å²) < 4.78 is 13.6. The van der Waals surface area contributed by atoms with Crippen LogP contribution in [0.3, 0.4) is 0 Å².